The SMILES string of the molecule is CC(C)(C)OC(=O)NC1CCC(NC(=O)C(c2cccs2)N(C(=O)CCl)c2cccc(C(F)(F)F)c2)CC1. The Morgan fingerprint density at radius 1 is 1.05 bits per heavy atom. The van der Waals surface area contributed by atoms with Gasteiger partial charge in [0.05, 0.1) is 5.56 Å². The lowest BCUT2D eigenvalue weighted by molar-refractivity contribution is -0.137. The van der Waals surface area contributed by atoms with Crippen LogP contribution in [-0.4, -0.2) is 41.5 Å². The van der Waals surface area contributed by atoms with E-state index in [1.165, 1.54) is 23.5 Å². The highest BCUT2D eigenvalue weighted by molar-refractivity contribution is 7.10. The highest BCUT2D eigenvalue weighted by Gasteiger charge is 2.37. The first kappa shape index (κ1) is 29.8. The van der Waals surface area contributed by atoms with Gasteiger partial charge in [-0.15, -0.1) is 22.9 Å². The fraction of sp³-hybridized carbons (Fsp3) is 0.500. The van der Waals surface area contributed by atoms with Gasteiger partial charge < -0.3 is 15.4 Å². The molecule has 0 spiro atoms. The number of ether oxygens (including phenoxy) is 1. The van der Waals surface area contributed by atoms with Crippen molar-refractivity contribution >= 4 is 46.5 Å². The van der Waals surface area contributed by atoms with E-state index in [0.717, 1.165) is 17.0 Å². The molecule has 2 aromatic rings. The minimum Gasteiger partial charge on any atom is -0.444 e. The smallest absolute Gasteiger partial charge is 0.416 e. The number of nitrogens with one attached hydrogen (secondary N) is 2. The van der Waals surface area contributed by atoms with Gasteiger partial charge in [0, 0.05) is 22.6 Å². The molecule has 1 unspecified atom stereocenters. The average Bonchev–Trinajstić information content (AvgIpc) is 3.36. The maximum absolute atomic E-state index is 13.6. The Bertz CT molecular complexity index is 1110. The van der Waals surface area contributed by atoms with E-state index in [9.17, 15) is 27.6 Å². The van der Waals surface area contributed by atoms with Crippen LogP contribution in [0.4, 0.5) is 23.7 Å². The van der Waals surface area contributed by atoms with Gasteiger partial charge in [-0.2, -0.15) is 13.2 Å². The third-order valence-electron chi connectivity index (χ3n) is 5.95. The molecular formula is C26H31ClF3N3O4S. The summed E-state index contributed by atoms with van der Waals surface area (Å²) in [4.78, 5) is 40.1. The summed E-state index contributed by atoms with van der Waals surface area (Å²) in [6, 6.07) is 6.07. The number of carbonyl (C=O) groups is 3. The first-order valence-electron chi connectivity index (χ1n) is 12.2. The van der Waals surface area contributed by atoms with Crippen molar-refractivity contribution in [1.29, 1.82) is 0 Å². The van der Waals surface area contributed by atoms with Crippen molar-refractivity contribution in [3.8, 4) is 0 Å². The predicted octanol–water partition coefficient (Wildman–Crippen LogP) is 6.03. The summed E-state index contributed by atoms with van der Waals surface area (Å²) in [6.07, 6.45) is -2.79. The molecule has 0 aliphatic heterocycles. The maximum atomic E-state index is 13.6. The van der Waals surface area contributed by atoms with Crippen LogP contribution in [0.2, 0.25) is 0 Å². The van der Waals surface area contributed by atoms with E-state index in [-0.39, 0.29) is 17.8 Å². The van der Waals surface area contributed by atoms with E-state index >= 15 is 0 Å². The highest BCUT2D eigenvalue weighted by atomic mass is 35.5. The Morgan fingerprint density at radius 2 is 1.68 bits per heavy atom. The lowest BCUT2D eigenvalue weighted by Crippen LogP contribution is -2.49. The monoisotopic (exact) mass is 573 g/mol. The number of thiophene rings is 1. The standard InChI is InChI=1S/C26H31ClF3N3O4S/c1-25(2,3)37-24(36)32-18-11-9-17(10-12-18)31-23(35)22(20-8-5-13-38-20)33(21(34)15-27)19-7-4-6-16(14-19)26(28,29)30/h4-8,13-14,17-18,22H,9-12,15H2,1-3H3,(H,31,35)(H,32,36). The molecule has 0 radical (unpaired) electrons. The van der Waals surface area contributed by atoms with Crippen LogP contribution in [0.25, 0.3) is 0 Å². The van der Waals surface area contributed by atoms with Gasteiger partial charge in [0.1, 0.15) is 17.5 Å². The first-order valence-corrected chi connectivity index (χ1v) is 13.6. The number of amides is 3. The second-order valence-corrected chi connectivity index (χ2v) is 11.3. The predicted molar refractivity (Wildman–Crippen MR) is 140 cm³/mol. The number of halogens is 4. The number of hydrogen-bond acceptors (Lipinski definition) is 5. The summed E-state index contributed by atoms with van der Waals surface area (Å²) in [5.41, 5.74) is -1.63. The number of hydrogen-bond donors (Lipinski definition) is 2. The van der Waals surface area contributed by atoms with Crippen molar-refractivity contribution in [3.63, 3.8) is 0 Å². The van der Waals surface area contributed by atoms with Crippen LogP contribution in [0, 0.1) is 0 Å². The van der Waals surface area contributed by atoms with Crippen molar-refractivity contribution in [1.82, 2.24) is 10.6 Å². The fourth-order valence-electron chi connectivity index (χ4n) is 4.29. The number of alkyl halides is 4. The molecule has 1 aromatic heterocycles. The van der Waals surface area contributed by atoms with E-state index in [0.29, 0.717) is 30.6 Å². The Hall–Kier alpha value is -2.79. The van der Waals surface area contributed by atoms with Gasteiger partial charge in [-0.05, 0) is 76.1 Å². The van der Waals surface area contributed by atoms with Gasteiger partial charge in [-0.25, -0.2) is 4.79 Å². The highest BCUT2D eigenvalue weighted by Crippen LogP contribution is 2.36. The van der Waals surface area contributed by atoms with Crippen LogP contribution in [0.1, 0.15) is 62.9 Å². The summed E-state index contributed by atoms with van der Waals surface area (Å²) >= 11 is 7.05. The van der Waals surface area contributed by atoms with Gasteiger partial charge in [0.2, 0.25) is 11.8 Å². The number of alkyl carbamates (subject to hydrolysis) is 1. The molecule has 1 saturated carbocycles. The second-order valence-electron chi connectivity index (χ2n) is 10.1. The molecule has 7 nitrogen and oxygen atoms in total. The van der Waals surface area contributed by atoms with Crippen molar-refractivity contribution in [2.45, 2.75) is 76.4 Å². The van der Waals surface area contributed by atoms with Crippen LogP contribution in [-0.2, 0) is 20.5 Å². The van der Waals surface area contributed by atoms with Crippen molar-refractivity contribution in [3.05, 3.63) is 52.2 Å². The summed E-state index contributed by atoms with van der Waals surface area (Å²) in [6.45, 7) is 5.34. The van der Waals surface area contributed by atoms with Crippen LogP contribution in [0.3, 0.4) is 0 Å². The molecule has 3 amide bonds. The Labute approximate surface area is 228 Å². The van der Waals surface area contributed by atoms with Crippen molar-refractivity contribution in [2.75, 3.05) is 10.8 Å². The molecule has 1 aliphatic carbocycles. The number of benzene rings is 1. The molecule has 1 fully saturated rings. The molecule has 3 rings (SSSR count). The van der Waals surface area contributed by atoms with E-state index in [2.05, 4.69) is 10.6 Å². The molecule has 1 aliphatic rings. The normalized spacial score (nSPS) is 18.8. The van der Waals surface area contributed by atoms with Gasteiger partial charge in [-0.3, -0.25) is 14.5 Å². The Kier molecular flexibility index (Phi) is 9.69. The minimum atomic E-state index is -4.63. The summed E-state index contributed by atoms with van der Waals surface area (Å²) in [5.74, 6) is -1.75. The minimum absolute atomic E-state index is 0.0794. The number of anilines is 1. The summed E-state index contributed by atoms with van der Waals surface area (Å²) in [7, 11) is 0. The third-order valence-corrected chi connectivity index (χ3v) is 7.10. The molecule has 1 heterocycles. The zero-order valence-corrected chi connectivity index (χ0v) is 22.9. The molecule has 0 saturated heterocycles. The van der Waals surface area contributed by atoms with Gasteiger partial charge in [0.25, 0.3) is 0 Å². The number of nitrogens with zero attached hydrogens (tertiary/aromatic N) is 1. The van der Waals surface area contributed by atoms with Crippen molar-refractivity contribution in [2.24, 2.45) is 0 Å². The first-order chi connectivity index (χ1) is 17.8. The maximum Gasteiger partial charge on any atom is 0.416 e. The zero-order valence-electron chi connectivity index (χ0n) is 21.3. The lowest BCUT2D eigenvalue weighted by atomic mass is 9.91. The third kappa shape index (κ3) is 8.10. The average molecular weight is 574 g/mol. The molecule has 2 N–H and O–H groups in total. The van der Waals surface area contributed by atoms with E-state index in [4.69, 9.17) is 16.3 Å². The van der Waals surface area contributed by atoms with Crippen LogP contribution < -0.4 is 15.5 Å². The molecule has 0 bridgehead atoms. The molecule has 208 valence electrons. The summed E-state index contributed by atoms with van der Waals surface area (Å²) in [5, 5.41) is 7.52. The number of carbonyl (C=O) groups excluding carboxylic acids is 3. The number of rotatable bonds is 7. The Morgan fingerprint density at radius 3 is 2.21 bits per heavy atom. The molecular weight excluding hydrogens is 543 g/mol. The van der Waals surface area contributed by atoms with E-state index < -0.39 is 47.2 Å². The Balaban J connectivity index is 1.78. The molecule has 38 heavy (non-hydrogen) atoms. The lowest BCUT2D eigenvalue weighted by Gasteiger charge is -2.34. The van der Waals surface area contributed by atoms with Gasteiger partial charge >= 0.3 is 12.3 Å². The van der Waals surface area contributed by atoms with Gasteiger partial charge in [0.15, 0.2) is 0 Å². The van der Waals surface area contributed by atoms with Gasteiger partial charge in [-0.1, -0.05) is 12.1 Å². The van der Waals surface area contributed by atoms with Crippen LogP contribution >= 0.6 is 22.9 Å². The fourth-order valence-corrected chi connectivity index (χ4v) is 5.23. The molecule has 1 atom stereocenters. The largest absolute Gasteiger partial charge is 0.444 e. The van der Waals surface area contributed by atoms with Crippen LogP contribution in [0.5, 0.6) is 0 Å². The summed E-state index contributed by atoms with van der Waals surface area (Å²) < 4.78 is 45.5. The van der Waals surface area contributed by atoms with E-state index in [1.807, 2.05) is 0 Å². The van der Waals surface area contributed by atoms with Crippen molar-refractivity contribution < 1.29 is 32.3 Å². The quantitative estimate of drug-likeness (QED) is 0.396. The topological polar surface area (TPSA) is 87.7 Å². The van der Waals surface area contributed by atoms with Crippen LogP contribution in [0.15, 0.2) is 41.8 Å². The zero-order chi connectivity index (χ0) is 28.1. The molecule has 1 aromatic carbocycles. The second kappa shape index (κ2) is 12.4. The van der Waals surface area contributed by atoms with E-state index in [1.54, 1.807) is 38.3 Å². The molecule has 12 heteroatoms.